The number of amides is 2. The Kier molecular flexibility index (Phi) is 35.7. The van der Waals surface area contributed by atoms with Crippen molar-refractivity contribution in [2.24, 2.45) is 11.5 Å². The molecule has 0 bridgehead atoms. The zero-order valence-electron chi connectivity index (χ0n) is 36.5. The Hall–Kier alpha value is -2.24. The van der Waals surface area contributed by atoms with E-state index < -0.39 is 18.5 Å². The smallest absolute Gasteiger partial charge is 0.405 e. The van der Waals surface area contributed by atoms with Crippen LogP contribution < -0.4 is 11.5 Å². The number of carbonyl (C=O) groups excluding carboxylic acids is 2. The summed E-state index contributed by atoms with van der Waals surface area (Å²) in [6.07, 6.45) is 47.6. The summed E-state index contributed by atoms with van der Waals surface area (Å²) in [6.45, 7) is 4.58. The van der Waals surface area contributed by atoms with Crippen molar-refractivity contribution in [3.8, 4) is 0 Å². The number of carbonyl (C=O) groups is 2. The molecule has 0 aliphatic carbocycles. The SMILES string of the molecule is CCCCCCCCCCCCCCCCCCCCc1ccc(C(OC(N)=O)OC(N)=O)c(CCCCCCCCCCCCCCCCCCCC)c1. The maximum absolute atomic E-state index is 11.6. The highest BCUT2D eigenvalue weighted by atomic mass is 16.7. The van der Waals surface area contributed by atoms with Crippen LogP contribution in [0.1, 0.15) is 268 Å². The summed E-state index contributed by atoms with van der Waals surface area (Å²) < 4.78 is 10.4. The Morgan fingerprint density at radius 2 is 0.691 bits per heavy atom. The molecule has 4 N–H and O–H groups in total. The van der Waals surface area contributed by atoms with Crippen molar-refractivity contribution in [3.63, 3.8) is 0 Å². The van der Waals surface area contributed by atoms with Crippen LogP contribution in [0.4, 0.5) is 9.59 Å². The van der Waals surface area contributed by atoms with Crippen molar-refractivity contribution in [1.82, 2.24) is 0 Å². The lowest BCUT2D eigenvalue weighted by Crippen LogP contribution is -2.25. The van der Waals surface area contributed by atoms with Crippen molar-refractivity contribution < 1.29 is 19.1 Å². The first-order valence-corrected chi connectivity index (χ1v) is 24.0. The van der Waals surface area contributed by atoms with Crippen LogP contribution in [-0.2, 0) is 22.3 Å². The Balaban J connectivity index is 2.27. The van der Waals surface area contributed by atoms with Crippen LogP contribution in [0.5, 0.6) is 0 Å². The molecule has 0 saturated carbocycles. The molecule has 0 unspecified atom stereocenters. The van der Waals surface area contributed by atoms with Crippen LogP contribution in [0, 0.1) is 0 Å². The van der Waals surface area contributed by atoms with Gasteiger partial charge in [0.2, 0.25) is 0 Å². The van der Waals surface area contributed by atoms with Gasteiger partial charge in [-0.2, -0.15) is 0 Å². The molecular weight excluding hydrogens is 681 g/mol. The van der Waals surface area contributed by atoms with Gasteiger partial charge in [0.05, 0.1) is 0 Å². The lowest BCUT2D eigenvalue weighted by Gasteiger charge is -2.20. The van der Waals surface area contributed by atoms with E-state index in [1.54, 1.807) is 0 Å². The average molecular weight is 771 g/mol. The van der Waals surface area contributed by atoms with Gasteiger partial charge < -0.3 is 20.9 Å². The first kappa shape index (κ1) is 50.8. The minimum Gasteiger partial charge on any atom is -0.405 e. The van der Waals surface area contributed by atoms with Gasteiger partial charge in [-0.3, -0.25) is 0 Å². The summed E-state index contributed by atoms with van der Waals surface area (Å²) in [6, 6.07) is 6.19. The van der Waals surface area contributed by atoms with Crippen molar-refractivity contribution in [2.45, 2.75) is 264 Å². The van der Waals surface area contributed by atoms with Gasteiger partial charge >= 0.3 is 12.2 Å². The van der Waals surface area contributed by atoms with E-state index in [0.717, 1.165) is 37.7 Å². The molecule has 0 aliphatic rings. The Bertz CT molecular complexity index is 999. The summed E-state index contributed by atoms with van der Waals surface area (Å²) in [5.74, 6) is 0. The summed E-state index contributed by atoms with van der Waals surface area (Å²) in [4.78, 5) is 23.3. The quantitative estimate of drug-likeness (QED) is 0.0511. The number of benzene rings is 1. The van der Waals surface area contributed by atoms with Crippen LogP contribution >= 0.6 is 0 Å². The topological polar surface area (TPSA) is 105 Å². The predicted molar refractivity (Wildman–Crippen MR) is 235 cm³/mol. The second kappa shape index (κ2) is 38.6. The summed E-state index contributed by atoms with van der Waals surface area (Å²) in [5, 5.41) is 0. The maximum atomic E-state index is 11.6. The lowest BCUT2D eigenvalue weighted by atomic mass is 9.95. The summed E-state index contributed by atoms with van der Waals surface area (Å²) >= 11 is 0. The van der Waals surface area contributed by atoms with E-state index in [1.165, 1.54) is 217 Å². The van der Waals surface area contributed by atoms with Gasteiger partial charge in [-0.1, -0.05) is 250 Å². The highest BCUT2D eigenvalue weighted by Gasteiger charge is 2.22. The van der Waals surface area contributed by atoms with E-state index in [-0.39, 0.29) is 0 Å². The highest BCUT2D eigenvalue weighted by Crippen LogP contribution is 2.27. The molecule has 0 atom stereocenters. The van der Waals surface area contributed by atoms with Crippen LogP contribution in [0.25, 0.3) is 0 Å². The molecule has 1 aromatic carbocycles. The minimum absolute atomic E-state index is 0.658. The molecule has 2 amide bonds. The van der Waals surface area contributed by atoms with Gasteiger partial charge in [-0.05, 0) is 36.8 Å². The summed E-state index contributed by atoms with van der Waals surface area (Å²) in [5.41, 5.74) is 13.6. The number of primary amides is 2. The molecular formula is C49H90N2O4. The average Bonchev–Trinajstić information content (AvgIpc) is 3.16. The van der Waals surface area contributed by atoms with Gasteiger partial charge in [0.15, 0.2) is 0 Å². The van der Waals surface area contributed by atoms with E-state index in [4.69, 9.17) is 20.9 Å². The molecule has 1 rings (SSSR count). The van der Waals surface area contributed by atoms with Gasteiger partial charge in [-0.25, -0.2) is 9.59 Å². The second-order valence-electron chi connectivity index (χ2n) is 16.8. The number of hydrogen-bond acceptors (Lipinski definition) is 4. The fourth-order valence-corrected chi connectivity index (χ4v) is 8.07. The molecule has 1 aromatic rings. The Labute approximate surface area is 340 Å². The number of ether oxygens (including phenoxy) is 2. The van der Waals surface area contributed by atoms with E-state index in [1.807, 2.05) is 6.07 Å². The second-order valence-corrected chi connectivity index (χ2v) is 16.8. The number of nitrogens with two attached hydrogens (primary N) is 2. The van der Waals surface area contributed by atoms with Gasteiger partial charge in [0.25, 0.3) is 6.29 Å². The zero-order valence-corrected chi connectivity index (χ0v) is 36.5. The fraction of sp³-hybridized carbons (Fsp3) is 0.837. The summed E-state index contributed by atoms with van der Waals surface area (Å²) in [7, 11) is 0. The third-order valence-corrected chi connectivity index (χ3v) is 11.5. The first-order valence-electron chi connectivity index (χ1n) is 24.0. The van der Waals surface area contributed by atoms with Gasteiger partial charge in [-0.15, -0.1) is 0 Å². The molecule has 0 aromatic heterocycles. The third kappa shape index (κ3) is 32.5. The van der Waals surface area contributed by atoms with Gasteiger partial charge in [0, 0.05) is 5.56 Å². The first-order chi connectivity index (χ1) is 27.0. The van der Waals surface area contributed by atoms with Crippen LogP contribution in [-0.4, -0.2) is 12.2 Å². The number of unbranched alkanes of at least 4 members (excludes halogenated alkanes) is 34. The molecule has 55 heavy (non-hydrogen) atoms. The van der Waals surface area contributed by atoms with E-state index in [2.05, 4.69) is 26.0 Å². The molecule has 320 valence electrons. The van der Waals surface area contributed by atoms with E-state index >= 15 is 0 Å². The van der Waals surface area contributed by atoms with Crippen LogP contribution in [0.15, 0.2) is 18.2 Å². The molecule has 0 radical (unpaired) electrons. The third-order valence-electron chi connectivity index (χ3n) is 11.5. The number of hydrogen-bond donors (Lipinski definition) is 2. The largest absolute Gasteiger partial charge is 0.407 e. The van der Waals surface area contributed by atoms with Crippen molar-refractivity contribution in [1.29, 1.82) is 0 Å². The standard InChI is InChI=1S/C49H90N2O4/c1-3-5-7-9-11-13-15-17-19-21-23-25-27-29-31-33-35-37-39-44-41-42-46(47(54-48(50)52)55-49(51)53)45(43-44)40-38-36-34-32-30-28-26-24-22-20-18-16-14-12-10-8-6-4-2/h41-43,47H,3-40H2,1-2H3,(H2,50,52)(H2,51,53). The van der Waals surface area contributed by atoms with E-state index in [0.29, 0.717) is 5.56 Å². The fourth-order valence-electron chi connectivity index (χ4n) is 8.07. The Morgan fingerprint density at radius 3 is 0.982 bits per heavy atom. The molecule has 0 heterocycles. The molecule has 6 nitrogen and oxygen atoms in total. The minimum atomic E-state index is -1.22. The maximum Gasteiger partial charge on any atom is 0.407 e. The van der Waals surface area contributed by atoms with Crippen LogP contribution in [0.3, 0.4) is 0 Å². The zero-order chi connectivity index (χ0) is 39.9. The number of rotatable bonds is 41. The van der Waals surface area contributed by atoms with Gasteiger partial charge in [0.1, 0.15) is 0 Å². The van der Waals surface area contributed by atoms with Crippen LogP contribution in [0.2, 0.25) is 0 Å². The van der Waals surface area contributed by atoms with Crippen molar-refractivity contribution >= 4 is 12.2 Å². The monoisotopic (exact) mass is 771 g/mol. The number of aryl methyl sites for hydroxylation is 2. The molecule has 0 spiro atoms. The predicted octanol–water partition coefficient (Wildman–Crippen LogP) is 16.0. The van der Waals surface area contributed by atoms with Crippen molar-refractivity contribution in [3.05, 3.63) is 34.9 Å². The van der Waals surface area contributed by atoms with Crippen molar-refractivity contribution in [2.75, 3.05) is 0 Å². The lowest BCUT2D eigenvalue weighted by molar-refractivity contribution is -0.0583. The van der Waals surface area contributed by atoms with E-state index in [9.17, 15) is 9.59 Å². The normalized spacial score (nSPS) is 11.4. The molecule has 0 saturated heterocycles. The molecule has 0 fully saturated rings. The molecule has 6 heteroatoms. The molecule has 0 aliphatic heterocycles. The highest BCUT2D eigenvalue weighted by molar-refractivity contribution is 5.67. The Morgan fingerprint density at radius 1 is 0.418 bits per heavy atom.